The molecule has 1 fully saturated rings. The van der Waals surface area contributed by atoms with Crippen LogP contribution < -0.4 is 11.1 Å². The number of hydrogen-bond acceptors (Lipinski definition) is 8. The summed E-state index contributed by atoms with van der Waals surface area (Å²) in [6.07, 6.45) is 7.79. The fourth-order valence-electron chi connectivity index (χ4n) is 5.47. The molecule has 1 aromatic heterocycles. The van der Waals surface area contributed by atoms with E-state index >= 15 is 0 Å². The van der Waals surface area contributed by atoms with Crippen molar-refractivity contribution in [2.75, 3.05) is 38.8 Å². The van der Waals surface area contributed by atoms with Crippen molar-refractivity contribution in [3.05, 3.63) is 66.2 Å². The molecule has 4 rings (SSSR count). The minimum atomic E-state index is -0.704. The minimum Gasteiger partial charge on any atom is -0.467 e. The number of likely N-dealkylation sites (tertiary alicyclic amines) is 1. The van der Waals surface area contributed by atoms with Gasteiger partial charge in [-0.3, -0.25) is 14.5 Å². The highest BCUT2D eigenvalue weighted by Gasteiger charge is 2.34. The maximum atomic E-state index is 13.4. The maximum absolute atomic E-state index is 13.4. The van der Waals surface area contributed by atoms with Gasteiger partial charge in [0.1, 0.15) is 6.04 Å². The lowest BCUT2D eigenvalue weighted by atomic mass is 10.0. The van der Waals surface area contributed by atoms with Gasteiger partial charge in [0.05, 0.1) is 26.0 Å². The lowest BCUT2D eigenvalue weighted by molar-refractivity contribution is -0.145. The van der Waals surface area contributed by atoms with E-state index < -0.39 is 18.1 Å². The second-order valence-corrected chi connectivity index (χ2v) is 11.4. The lowest BCUT2D eigenvalue weighted by Gasteiger charge is -2.32. The number of carbonyl (C=O) groups is 3. The van der Waals surface area contributed by atoms with Gasteiger partial charge in [-0.2, -0.15) is 11.8 Å². The van der Waals surface area contributed by atoms with E-state index in [1.165, 1.54) is 7.11 Å². The Morgan fingerprint density at radius 2 is 2.05 bits per heavy atom. The van der Waals surface area contributed by atoms with Crippen LogP contribution in [0.5, 0.6) is 0 Å². The molecule has 220 valence electrons. The molecule has 1 aliphatic rings. The number of ether oxygens (including phenoxy) is 1. The van der Waals surface area contributed by atoms with Crippen molar-refractivity contribution in [3.63, 3.8) is 0 Å². The number of hydrogen-bond donors (Lipinski definition) is 3. The highest BCUT2D eigenvalue weighted by molar-refractivity contribution is 7.98. The second-order valence-electron chi connectivity index (χ2n) is 10.4. The number of H-pyrrole nitrogens is 1. The van der Waals surface area contributed by atoms with Crippen LogP contribution in [0.25, 0.3) is 10.8 Å². The average Bonchev–Trinajstić information content (AvgIpc) is 3.67. The molecule has 0 bridgehead atoms. The third-order valence-electron chi connectivity index (χ3n) is 7.51. The minimum absolute atomic E-state index is 0.0778. The first-order valence-electron chi connectivity index (χ1n) is 14.0. The average molecular weight is 581 g/mol. The Bertz CT molecular complexity index is 1300. The van der Waals surface area contributed by atoms with Crippen LogP contribution in [0.4, 0.5) is 0 Å². The number of imidazole rings is 1. The quantitative estimate of drug-likeness (QED) is 0.248. The molecule has 2 heterocycles. The number of nitrogens with one attached hydrogen (secondary N) is 2. The monoisotopic (exact) mass is 580 g/mol. The molecule has 0 aliphatic carbocycles. The zero-order valence-corrected chi connectivity index (χ0v) is 24.6. The fraction of sp³-hybridized carbons (Fsp3) is 0.467. The van der Waals surface area contributed by atoms with Crippen molar-refractivity contribution in [1.82, 2.24) is 25.1 Å². The summed E-state index contributed by atoms with van der Waals surface area (Å²) < 4.78 is 4.93. The number of thioether (sulfide) groups is 1. The van der Waals surface area contributed by atoms with Crippen molar-refractivity contribution in [2.24, 2.45) is 5.73 Å². The maximum Gasteiger partial charge on any atom is 0.328 e. The predicted molar refractivity (Wildman–Crippen MR) is 161 cm³/mol. The van der Waals surface area contributed by atoms with E-state index in [9.17, 15) is 14.4 Å². The van der Waals surface area contributed by atoms with Crippen molar-refractivity contribution >= 4 is 40.3 Å². The van der Waals surface area contributed by atoms with Crippen LogP contribution >= 0.6 is 11.8 Å². The Balaban J connectivity index is 1.51. The molecule has 0 radical (unpaired) electrons. The third kappa shape index (κ3) is 8.31. The van der Waals surface area contributed by atoms with E-state index in [0.717, 1.165) is 40.6 Å². The molecule has 10 nitrogen and oxygen atoms in total. The molecule has 11 heteroatoms. The van der Waals surface area contributed by atoms with Gasteiger partial charge in [-0.25, -0.2) is 9.78 Å². The van der Waals surface area contributed by atoms with E-state index in [0.29, 0.717) is 32.5 Å². The second kappa shape index (κ2) is 15.0. The molecular formula is C30H40N6O4S. The molecule has 2 aromatic carbocycles. The number of aromatic amines is 1. The number of fused-ring (bicyclic) bond motifs is 1. The van der Waals surface area contributed by atoms with Gasteiger partial charge in [-0.05, 0) is 47.6 Å². The van der Waals surface area contributed by atoms with Gasteiger partial charge in [0.15, 0.2) is 0 Å². The summed E-state index contributed by atoms with van der Waals surface area (Å²) >= 11 is 1.61. The van der Waals surface area contributed by atoms with E-state index in [-0.39, 0.29) is 24.4 Å². The van der Waals surface area contributed by atoms with Crippen molar-refractivity contribution in [3.8, 4) is 0 Å². The largest absolute Gasteiger partial charge is 0.467 e. The third-order valence-corrected chi connectivity index (χ3v) is 8.16. The van der Waals surface area contributed by atoms with E-state index in [1.54, 1.807) is 24.3 Å². The first-order chi connectivity index (χ1) is 19.9. The zero-order chi connectivity index (χ0) is 29.2. The van der Waals surface area contributed by atoms with Crippen LogP contribution in [0.3, 0.4) is 0 Å². The number of nitrogens with two attached hydrogens (primary N) is 1. The number of benzene rings is 2. The Hall–Kier alpha value is -3.41. The molecule has 4 N–H and O–H groups in total. The standard InChI is InChI=1S/C30H40N6O4S/c1-40-30(39)27(12-14-41-2)34-28(37)19-35(17-22-9-5-8-21-7-3-4-11-25(21)22)18-24-10-6-13-36(24)29(38)26(31)15-23-16-32-20-33-23/h3-5,7-9,11,16,20,24,26-27H,6,10,12-15,17-19,31H2,1-2H3,(H,32,33)(H,34,37)/t24-,26?,27-/m0/s1. The number of aromatic nitrogens is 2. The number of carbonyl (C=O) groups excluding carboxylic acids is 3. The zero-order valence-electron chi connectivity index (χ0n) is 23.8. The Kier molecular flexibility index (Phi) is 11.2. The van der Waals surface area contributed by atoms with Gasteiger partial charge >= 0.3 is 5.97 Å². The van der Waals surface area contributed by atoms with Crippen molar-refractivity contribution in [2.45, 2.75) is 50.4 Å². The molecule has 0 spiro atoms. The van der Waals surface area contributed by atoms with Crippen LogP contribution in [-0.4, -0.2) is 94.4 Å². The molecular weight excluding hydrogens is 540 g/mol. The molecule has 1 saturated heterocycles. The first kappa shape index (κ1) is 30.5. The number of methoxy groups -OCH3 is 1. The van der Waals surface area contributed by atoms with Crippen molar-refractivity contribution < 1.29 is 19.1 Å². The van der Waals surface area contributed by atoms with Gasteiger partial charge in [0.2, 0.25) is 11.8 Å². The summed E-state index contributed by atoms with van der Waals surface area (Å²) in [4.78, 5) is 50.0. The number of esters is 1. The molecule has 1 unspecified atom stereocenters. The summed E-state index contributed by atoms with van der Waals surface area (Å²) in [5.74, 6) is -0.0857. The summed E-state index contributed by atoms with van der Waals surface area (Å²) in [7, 11) is 1.33. The van der Waals surface area contributed by atoms with E-state index in [1.807, 2.05) is 29.4 Å². The van der Waals surface area contributed by atoms with E-state index in [2.05, 4.69) is 44.5 Å². The van der Waals surface area contributed by atoms with Gasteiger partial charge in [0.25, 0.3) is 0 Å². The van der Waals surface area contributed by atoms with Crippen LogP contribution in [0.2, 0.25) is 0 Å². The summed E-state index contributed by atoms with van der Waals surface area (Å²) in [5, 5.41) is 5.12. The summed E-state index contributed by atoms with van der Waals surface area (Å²) in [5.41, 5.74) is 8.23. The first-order valence-corrected chi connectivity index (χ1v) is 15.4. The molecule has 3 atom stereocenters. The molecule has 1 aliphatic heterocycles. The van der Waals surface area contributed by atoms with Gasteiger partial charge in [0, 0.05) is 44.0 Å². The van der Waals surface area contributed by atoms with E-state index in [4.69, 9.17) is 10.5 Å². The smallest absolute Gasteiger partial charge is 0.328 e. The SMILES string of the molecule is COC(=O)[C@H](CCSC)NC(=O)CN(Cc1cccc2ccccc12)C[C@@H]1CCCN1C(=O)C(N)Cc1cnc[nH]1. The van der Waals surface area contributed by atoms with Gasteiger partial charge in [-0.15, -0.1) is 0 Å². The van der Waals surface area contributed by atoms with Gasteiger partial charge in [-0.1, -0.05) is 42.5 Å². The molecule has 41 heavy (non-hydrogen) atoms. The molecule has 3 aromatic rings. The predicted octanol–water partition coefficient (Wildman–Crippen LogP) is 2.34. The van der Waals surface area contributed by atoms with Crippen LogP contribution in [0.1, 0.15) is 30.5 Å². The topological polar surface area (TPSA) is 134 Å². The summed E-state index contributed by atoms with van der Waals surface area (Å²) in [6.45, 7) is 1.73. The Morgan fingerprint density at radius 3 is 2.80 bits per heavy atom. The molecule has 0 saturated carbocycles. The summed E-state index contributed by atoms with van der Waals surface area (Å²) in [6, 6.07) is 12.9. The fourth-order valence-corrected chi connectivity index (χ4v) is 5.94. The highest BCUT2D eigenvalue weighted by Crippen LogP contribution is 2.23. The number of nitrogens with zero attached hydrogens (tertiary/aromatic N) is 3. The van der Waals surface area contributed by atoms with Crippen LogP contribution in [-0.2, 0) is 32.1 Å². The van der Waals surface area contributed by atoms with Crippen LogP contribution in [0, 0.1) is 0 Å². The van der Waals surface area contributed by atoms with Crippen LogP contribution in [0.15, 0.2) is 55.0 Å². The van der Waals surface area contributed by atoms with Gasteiger partial charge < -0.3 is 25.7 Å². The molecule has 2 amide bonds. The normalized spacial score (nSPS) is 16.6. The lowest BCUT2D eigenvalue weighted by Crippen LogP contribution is -2.52. The Labute approximate surface area is 245 Å². The Morgan fingerprint density at radius 1 is 1.24 bits per heavy atom. The van der Waals surface area contributed by atoms with Crippen molar-refractivity contribution in [1.29, 1.82) is 0 Å². The number of rotatable bonds is 14. The highest BCUT2D eigenvalue weighted by atomic mass is 32.2. The number of amides is 2.